The van der Waals surface area contributed by atoms with Crippen molar-refractivity contribution in [1.82, 2.24) is 9.88 Å². The summed E-state index contributed by atoms with van der Waals surface area (Å²) < 4.78 is 2.25. The van der Waals surface area contributed by atoms with Gasteiger partial charge in [0.2, 0.25) is 0 Å². The third kappa shape index (κ3) is 3.02. The molecule has 0 fully saturated rings. The number of rotatable bonds is 6. The van der Waals surface area contributed by atoms with Crippen LogP contribution in [0.4, 0.5) is 0 Å². The standard InChI is InChI=1S/C16H22N2/c1-4-8-17-11-14-5-6-16-15(10-14)7-9-18(16)12-13(2)3/h5-7,9-10,17H,2,4,8,11-12H2,1,3H3. The zero-order valence-electron chi connectivity index (χ0n) is 11.4. The van der Waals surface area contributed by atoms with E-state index in [2.05, 4.69) is 60.8 Å². The minimum absolute atomic E-state index is 0.900. The lowest BCUT2D eigenvalue weighted by atomic mass is 10.1. The summed E-state index contributed by atoms with van der Waals surface area (Å²) >= 11 is 0. The maximum atomic E-state index is 3.97. The lowest BCUT2D eigenvalue weighted by Crippen LogP contribution is -2.13. The van der Waals surface area contributed by atoms with E-state index in [-0.39, 0.29) is 0 Å². The van der Waals surface area contributed by atoms with Crippen LogP contribution in [0.15, 0.2) is 42.6 Å². The number of nitrogens with zero attached hydrogens (tertiary/aromatic N) is 1. The number of nitrogens with one attached hydrogen (secondary N) is 1. The van der Waals surface area contributed by atoms with Crippen molar-refractivity contribution in [3.05, 3.63) is 48.2 Å². The number of benzene rings is 1. The first kappa shape index (κ1) is 12.9. The van der Waals surface area contributed by atoms with E-state index in [0.717, 1.165) is 19.6 Å². The summed E-state index contributed by atoms with van der Waals surface area (Å²) in [5.41, 5.74) is 3.82. The van der Waals surface area contributed by atoms with E-state index in [1.54, 1.807) is 0 Å². The van der Waals surface area contributed by atoms with Crippen molar-refractivity contribution >= 4 is 10.9 Å². The van der Waals surface area contributed by atoms with Crippen LogP contribution in [0.1, 0.15) is 25.8 Å². The second-order valence-corrected chi connectivity index (χ2v) is 4.97. The average molecular weight is 242 g/mol. The van der Waals surface area contributed by atoms with Gasteiger partial charge in [0, 0.05) is 24.8 Å². The smallest absolute Gasteiger partial charge is 0.0483 e. The Labute approximate surface area is 109 Å². The summed E-state index contributed by atoms with van der Waals surface area (Å²) in [7, 11) is 0. The highest BCUT2D eigenvalue weighted by Crippen LogP contribution is 2.18. The van der Waals surface area contributed by atoms with Crippen LogP contribution in [0, 0.1) is 0 Å². The Hall–Kier alpha value is -1.54. The summed E-state index contributed by atoms with van der Waals surface area (Å²) in [6, 6.07) is 8.87. The molecule has 0 aliphatic rings. The fourth-order valence-electron chi connectivity index (χ4n) is 2.20. The molecule has 0 atom stereocenters. The van der Waals surface area contributed by atoms with Crippen LogP contribution in [0.25, 0.3) is 10.9 Å². The largest absolute Gasteiger partial charge is 0.343 e. The number of fused-ring (bicyclic) bond motifs is 1. The van der Waals surface area contributed by atoms with Crippen molar-refractivity contribution in [2.24, 2.45) is 0 Å². The van der Waals surface area contributed by atoms with Gasteiger partial charge in [-0.15, -0.1) is 0 Å². The summed E-state index contributed by atoms with van der Waals surface area (Å²) in [5, 5.41) is 4.75. The molecule has 0 aliphatic carbocycles. The van der Waals surface area contributed by atoms with Gasteiger partial charge in [-0.05, 0) is 49.0 Å². The maximum absolute atomic E-state index is 3.97. The molecular weight excluding hydrogens is 220 g/mol. The van der Waals surface area contributed by atoms with Gasteiger partial charge >= 0.3 is 0 Å². The van der Waals surface area contributed by atoms with Gasteiger partial charge in [-0.2, -0.15) is 0 Å². The molecule has 96 valence electrons. The van der Waals surface area contributed by atoms with Crippen LogP contribution in [-0.4, -0.2) is 11.1 Å². The van der Waals surface area contributed by atoms with E-state index in [1.165, 1.54) is 28.5 Å². The van der Waals surface area contributed by atoms with Gasteiger partial charge in [0.1, 0.15) is 0 Å². The van der Waals surface area contributed by atoms with Gasteiger partial charge in [-0.3, -0.25) is 0 Å². The van der Waals surface area contributed by atoms with E-state index < -0.39 is 0 Å². The van der Waals surface area contributed by atoms with Crippen LogP contribution >= 0.6 is 0 Å². The van der Waals surface area contributed by atoms with Crippen molar-refractivity contribution < 1.29 is 0 Å². The Bertz CT molecular complexity index is 537. The van der Waals surface area contributed by atoms with Crippen LogP contribution in [-0.2, 0) is 13.1 Å². The summed E-state index contributed by atoms with van der Waals surface area (Å²) in [4.78, 5) is 0. The first-order chi connectivity index (χ1) is 8.70. The molecule has 2 nitrogen and oxygen atoms in total. The molecule has 1 N–H and O–H groups in total. The second kappa shape index (κ2) is 5.87. The molecule has 0 spiro atoms. The van der Waals surface area contributed by atoms with E-state index in [1.807, 2.05) is 0 Å². The minimum atomic E-state index is 0.900. The first-order valence-corrected chi connectivity index (χ1v) is 6.63. The Morgan fingerprint density at radius 3 is 2.89 bits per heavy atom. The summed E-state index contributed by atoms with van der Waals surface area (Å²) in [6.45, 7) is 11.2. The van der Waals surface area contributed by atoms with E-state index in [0.29, 0.717) is 0 Å². The van der Waals surface area contributed by atoms with Gasteiger partial charge in [0.25, 0.3) is 0 Å². The quantitative estimate of drug-likeness (QED) is 0.603. The van der Waals surface area contributed by atoms with Crippen molar-refractivity contribution in [2.45, 2.75) is 33.4 Å². The van der Waals surface area contributed by atoms with E-state index in [4.69, 9.17) is 0 Å². The predicted molar refractivity (Wildman–Crippen MR) is 78.7 cm³/mol. The Morgan fingerprint density at radius 2 is 2.17 bits per heavy atom. The zero-order chi connectivity index (χ0) is 13.0. The molecule has 1 aromatic carbocycles. The van der Waals surface area contributed by atoms with E-state index in [9.17, 15) is 0 Å². The van der Waals surface area contributed by atoms with Crippen molar-refractivity contribution in [3.63, 3.8) is 0 Å². The van der Waals surface area contributed by atoms with Gasteiger partial charge in [0.05, 0.1) is 0 Å². The topological polar surface area (TPSA) is 17.0 Å². The monoisotopic (exact) mass is 242 g/mol. The van der Waals surface area contributed by atoms with Crippen LogP contribution in [0.5, 0.6) is 0 Å². The SMILES string of the molecule is C=C(C)Cn1ccc2cc(CNCCC)ccc21. The maximum Gasteiger partial charge on any atom is 0.0483 e. The molecule has 0 radical (unpaired) electrons. The molecule has 0 saturated carbocycles. The molecule has 0 aliphatic heterocycles. The highest BCUT2D eigenvalue weighted by Gasteiger charge is 2.02. The van der Waals surface area contributed by atoms with Crippen molar-refractivity contribution in [3.8, 4) is 0 Å². The highest BCUT2D eigenvalue weighted by molar-refractivity contribution is 5.81. The second-order valence-electron chi connectivity index (χ2n) is 4.97. The van der Waals surface area contributed by atoms with Crippen molar-refractivity contribution in [2.75, 3.05) is 6.54 Å². The minimum Gasteiger partial charge on any atom is -0.343 e. The van der Waals surface area contributed by atoms with Gasteiger partial charge < -0.3 is 9.88 Å². The average Bonchev–Trinajstić information content (AvgIpc) is 2.72. The lowest BCUT2D eigenvalue weighted by molar-refractivity contribution is 0.676. The number of hydrogen-bond acceptors (Lipinski definition) is 1. The highest BCUT2D eigenvalue weighted by atomic mass is 14.9. The number of allylic oxidation sites excluding steroid dienone is 1. The molecule has 0 bridgehead atoms. The lowest BCUT2D eigenvalue weighted by Gasteiger charge is -2.06. The first-order valence-electron chi connectivity index (χ1n) is 6.63. The van der Waals surface area contributed by atoms with Gasteiger partial charge in [0.15, 0.2) is 0 Å². The molecule has 2 heteroatoms. The molecular formula is C16H22N2. The Kier molecular flexibility index (Phi) is 4.21. The summed E-state index contributed by atoms with van der Waals surface area (Å²) in [6.07, 6.45) is 3.32. The fraction of sp³-hybridized carbons (Fsp3) is 0.375. The molecule has 0 unspecified atom stereocenters. The van der Waals surface area contributed by atoms with Crippen molar-refractivity contribution in [1.29, 1.82) is 0 Å². The third-order valence-corrected chi connectivity index (χ3v) is 3.03. The molecule has 2 aromatic rings. The number of aromatic nitrogens is 1. The van der Waals surface area contributed by atoms with Crippen LogP contribution in [0.3, 0.4) is 0 Å². The zero-order valence-corrected chi connectivity index (χ0v) is 11.4. The molecule has 0 saturated heterocycles. The molecule has 0 amide bonds. The molecule has 2 rings (SSSR count). The van der Waals surface area contributed by atoms with Gasteiger partial charge in [-0.25, -0.2) is 0 Å². The Balaban J connectivity index is 2.17. The predicted octanol–water partition coefficient (Wildman–Crippen LogP) is 3.72. The van der Waals surface area contributed by atoms with E-state index >= 15 is 0 Å². The third-order valence-electron chi connectivity index (χ3n) is 3.03. The van der Waals surface area contributed by atoms with Crippen LogP contribution < -0.4 is 5.32 Å². The number of hydrogen-bond donors (Lipinski definition) is 1. The fourth-order valence-corrected chi connectivity index (χ4v) is 2.20. The van der Waals surface area contributed by atoms with Crippen LogP contribution in [0.2, 0.25) is 0 Å². The normalized spacial score (nSPS) is 11.0. The molecule has 1 heterocycles. The molecule has 18 heavy (non-hydrogen) atoms. The summed E-state index contributed by atoms with van der Waals surface area (Å²) in [5.74, 6) is 0. The molecule has 1 aromatic heterocycles. The Morgan fingerprint density at radius 1 is 1.33 bits per heavy atom. The van der Waals surface area contributed by atoms with Gasteiger partial charge in [-0.1, -0.05) is 25.1 Å².